The van der Waals surface area contributed by atoms with Gasteiger partial charge in [-0.05, 0) is 108 Å². The third kappa shape index (κ3) is 4.37. The summed E-state index contributed by atoms with van der Waals surface area (Å²) in [7, 11) is 2.22. The predicted octanol–water partition coefficient (Wildman–Crippen LogP) is 12.9. The van der Waals surface area contributed by atoms with Crippen molar-refractivity contribution in [2.24, 2.45) is 0 Å². The van der Waals surface area contributed by atoms with Crippen molar-refractivity contribution in [3.05, 3.63) is 166 Å². The van der Waals surface area contributed by atoms with E-state index < -0.39 is 0 Å². The first-order valence-electron chi connectivity index (χ1n) is 18.3. The van der Waals surface area contributed by atoms with Gasteiger partial charge in [-0.25, -0.2) is 0 Å². The number of rotatable bonds is 2. The van der Waals surface area contributed by atoms with Gasteiger partial charge in [-0.15, -0.1) is 0 Å². The van der Waals surface area contributed by atoms with E-state index in [0.29, 0.717) is 0 Å². The highest BCUT2D eigenvalue weighted by Gasteiger charge is 2.41. The molecule has 51 heavy (non-hydrogen) atoms. The number of hydrogen-bond acceptors (Lipinski definition) is 3. The number of benzene rings is 6. The molecule has 3 heteroatoms. The fourth-order valence-corrected chi connectivity index (χ4v) is 9.38. The molecule has 9 rings (SSSR count). The Morgan fingerprint density at radius 1 is 0.353 bits per heavy atom. The molecule has 0 unspecified atom stereocenters. The first kappa shape index (κ1) is 31.7. The molecule has 0 radical (unpaired) electrons. The van der Waals surface area contributed by atoms with Gasteiger partial charge >= 0.3 is 0 Å². The topological polar surface area (TPSA) is 9.72 Å². The summed E-state index contributed by atoms with van der Waals surface area (Å²) < 4.78 is 0. The van der Waals surface area contributed by atoms with Crippen molar-refractivity contribution >= 4 is 45.5 Å². The highest BCUT2D eigenvalue weighted by atomic mass is 15.2. The maximum absolute atomic E-state index is 2.50. The first-order valence-corrected chi connectivity index (χ1v) is 18.3. The maximum Gasteiger partial charge on any atom is 0.0502 e. The summed E-state index contributed by atoms with van der Waals surface area (Å²) in [5, 5.41) is 0. The Bertz CT molecular complexity index is 2310. The van der Waals surface area contributed by atoms with Crippen LogP contribution >= 0.6 is 0 Å². The lowest BCUT2D eigenvalue weighted by Crippen LogP contribution is -2.33. The van der Waals surface area contributed by atoms with Crippen molar-refractivity contribution in [2.45, 2.75) is 71.6 Å². The number of fused-ring (bicyclic) bond motifs is 6. The van der Waals surface area contributed by atoms with E-state index in [-0.39, 0.29) is 16.2 Å². The van der Waals surface area contributed by atoms with Crippen molar-refractivity contribution < 1.29 is 0 Å². The molecular formula is C48H47N3. The molecule has 254 valence electrons. The van der Waals surface area contributed by atoms with Crippen molar-refractivity contribution in [1.82, 2.24) is 0 Å². The number of hydrogen-bond donors (Lipinski definition) is 0. The third-order valence-corrected chi connectivity index (χ3v) is 12.3. The molecule has 0 saturated heterocycles. The molecule has 0 N–H and O–H groups in total. The van der Waals surface area contributed by atoms with E-state index in [1.54, 1.807) is 0 Å². The molecular weight excluding hydrogens is 619 g/mol. The molecule has 3 aliphatic heterocycles. The summed E-state index contributed by atoms with van der Waals surface area (Å²) in [6, 6.07) is 46.0. The van der Waals surface area contributed by atoms with Crippen molar-refractivity contribution in [3.63, 3.8) is 0 Å². The molecule has 0 saturated carbocycles. The van der Waals surface area contributed by atoms with Gasteiger partial charge in [-0.3, -0.25) is 0 Å². The van der Waals surface area contributed by atoms with Gasteiger partial charge in [-0.1, -0.05) is 113 Å². The molecule has 0 amide bonds. The second kappa shape index (κ2) is 10.6. The van der Waals surface area contributed by atoms with Gasteiger partial charge < -0.3 is 14.7 Å². The Kier molecular flexibility index (Phi) is 6.60. The third-order valence-electron chi connectivity index (χ3n) is 12.3. The maximum atomic E-state index is 2.50. The lowest BCUT2D eigenvalue weighted by Gasteiger charge is -2.45. The molecule has 3 heterocycles. The minimum Gasteiger partial charge on any atom is -0.344 e. The smallest absolute Gasteiger partial charge is 0.0502 e. The van der Waals surface area contributed by atoms with Gasteiger partial charge in [0.1, 0.15) is 0 Å². The first-order chi connectivity index (χ1) is 24.3. The summed E-state index contributed by atoms with van der Waals surface area (Å²) in [5.74, 6) is 0. The fourth-order valence-electron chi connectivity index (χ4n) is 9.38. The van der Waals surface area contributed by atoms with Crippen molar-refractivity contribution in [3.8, 4) is 0 Å². The lowest BCUT2D eigenvalue weighted by molar-refractivity contribution is 0.625. The van der Waals surface area contributed by atoms with Crippen LogP contribution in [-0.2, 0) is 16.2 Å². The number of nitrogens with zero attached hydrogens (tertiary/aromatic N) is 3. The highest BCUT2D eigenvalue weighted by Crippen LogP contribution is 2.57. The Labute approximate surface area is 303 Å². The monoisotopic (exact) mass is 665 g/mol. The predicted molar refractivity (Wildman–Crippen MR) is 216 cm³/mol. The average Bonchev–Trinajstić information content (AvgIpc) is 3.12. The quantitative estimate of drug-likeness (QED) is 0.182. The molecule has 0 atom stereocenters. The summed E-state index contributed by atoms with van der Waals surface area (Å²) in [6.45, 7) is 18.7. The molecule has 6 aromatic carbocycles. The van der Waals surface area contributed by atoms with E-state index in [1.807, 2.05) is 0 Å². The molecule has 6 aromatic rings. The number of aryl methyl sites for hydroxylation is 2. The summed E-state index contributed by atoms with van der Waals surface area (Å²) in [4.78, 5) is 7.37. The minimum absolute atomic E-state index is 0.0922. The second-order valence-electron chi connectivity index (χ2n) is 16.6. The van der Waals surface area contributed by atoms with E-state index in [4.69, 9.17) is 0 Å². The lowest BCUT2D eigenvalue weighted by atomic mass is 9.71. The van der Waals surface area contributed by atoms with E-state index in [9.17, 15) is 0 Å². The molecule has 0 bridgehead atoms. The van der Waals surface area contributed by atoms with Crippen LogP contribution in [0.3, 0.4) is 0 Å². The average molecular weight is 666 g/mol. The molecule has 3 aliphatic rings. The summed E-state index contributed by atoms with van der Waals surface area (Å²) >= 11 is 0. The zero-order valence-corrected chi connectivity index (χ0v) is 31.4. The minimum atomic E-state index is -0.251. The van der Waals surface area contributed by atoms with Gasteiger partial charge in [-0.2, -0.15) is 0 Å². The molecule has 0 aromatic heterocycles. The highest BCUT2D eigenvalue weighted by molar-refractivity contribution is 5.91. The van der Waals surface area contributed by atoms with Crippen LogP contribution in [-0.4, -0.2) is 7.05 Å². The standard InChI is InChI=1S/C48H47N3/c1-30-18-22-44-36(26-30)47(5,6)37-27-31(2)19-23-45(37)51(44)33-21-25-41-39(29-33)48(7,8)38-28-32(20-24-40(38)49(41)9)50-42-16-12-10-14-34(42)46(3,4)35-15-11-13-17-43(35)50/h10-29H,1-9H3. The molecule has 3 nitrogen and oxygen atoms in total. The Balaban J connectivity index is 1.21. The van der Waals surface area contributed by atoms with Crippen LogP contribution in [0.25, 0.3) is 0 Å². The second-order valence-corrected chi connectivity index (χ2v) is 16.6. The fraction of sp³-hybridized carbons (Fsp3) is 0.250. The zero-order valence-electron chi connectivity index (χ0n) is 31.4. The largest absolute Gasteiger partial charge is 0.344 e. The van der Waals surface area contributed by atoms with Crippen LogP contribution in [0.1, 0.15) is 86.1 Å². The van der Waals surface area contributed by atoms with E-state index in [1.165, 1.54) is 90.0 Å². The van der Waals surface area contributed by atoms with Crippen LogP contribution in [0.4, 0.5) is 45.5 Å². The van der Waals surface area contributed by atoms with Crippen LogP contribution in [0.2, 0.25) is 0 Å². The Morgan fingerprint density at radius 2 is 0.686 bits per heavy atom. The van der Waals surface area contributed by atoms with Gasteiger partial charge in [0, 0.05) is 46.0 Å². The van der Waals surface area contributed by atoms with Crippen molar-refractivity contribution in [2.75, 3.05) is 21.7 Å². The Hall–Kier alpha value is -5.28. The van der Waals surface area contributed by atoms with Gasteiger partial charge in [0.25, 0.3) is 0 Å². The van der Waals surface area contributed by atoms with Gasteiger partial charge in [0.05, 0.1) is 22.7 Å². The molecule has 0 spiro atoms. The summed E-state index contributed by atoms with van der Waals surface area (Å²) in [6.07, 6.45) is 0. The van der Waals surface area contributed by atoms with E-state index >= 15 is 0 Å². The van der Waals surface area contributed by atoms with Crippen LogP contribution in [0, 0.1) is 13.8 Å². The SMILES string of the molecule is Cc1ccc2c(c1)C(C)(C)c1cc(C)ccc1N2c1ccc2c(c1)C(C)(C)c1cc(N3c4ccccc4C(C)(C)c4ccccc43)ccc1N2C. The zero-order chi connectivity index (χ0) is 35.6. The number of anilines is 8. The van der Waals surface area contributed by atoms with Crippen LogP contribution < -0.4 is 14.7 Å². The van der Waals surface area contributed by atoms with Crippen LogP contribution in [0.15, 0.2) is 121 Å². The normalized spacial score (nSPS) is 17.1. The number of para-hydroxylation sites is 2. The van der Waals surface area contributed by atoms with E-state index in [0.717, 1.165) is 0 Å². The van der Waals surface area contributed by atoms with Gasteiger partial charge in [0.15, 0.2) is 0 Å². The van der Waals surface area contributed by atoms with Crippen molar-refractivity contribution in [1.29, 1.82) is 0 Å². The van der Waals surface area contributed by atoms with Gasteiger partial charge in [0.2, 0.25) is 0 Å². The molecule has 0 fully saturated rings. The molecule has 0 aliphatic carbocycles. The Morgan fingerprint density at radius 3 is 1.12 bits per heavy atom. The van der Waals surface area contributed by atoms with E-state index in [2.05, 4.69) is 198 Å². The summed E-state index contributed by atoms with van der Waals surface area (Å²) in [5.41, 5.74) is 20.2. The van der Waals surface area contributed by atoms with Crippen LogP contribution in [0.5, 0.6) is 0 Å².